The predicted molar refractivity (Wildman–Crippen MR) is 64.8 cm³/mol. The van der Waals surface area contributed by atoms with E-state index in [1.54, 1.807) is 6.07 Å². The monoisotopic (exact) mass is 243 g/mol. The number of aromatic nitrogens is 3. The van der Waals surface area contributed by atoms with E-state index in [4.69, 9.17) is 9.68 Å². The van der Waals surface area contributed by atoms with Crippen LogP contribution in [0, 0.1) is 32.1 Å². The molecule has 0 aliphatic rings. The van der Waals surface area contributed by atoms with E-state index >= 15 is 0 Å². The number of hydrogen-bond acceptors (Lipinski definition) is 6. The minimum absolute atomic E-state index is 0.338. The summed E-state index contributed by atoms with van der Waals surface area (Å²) in [7, 11) is 0. The van der Waals surface area contributed by atoms with Gasteiger partial charge >= 0.3 is 0 Å². The van der Waals surface area contributed by atoms with Gasteiger partial charge in [0.1, 0.15) is 17.5 Å². The van der Waals surface area contributed by atoms with E-state index in [-0.39, 0.29) is 0 Å². The van der Waals surface area contributed by atoms with Gasteiger partial charge in [0.2, 0.25) is 11.8 Å². The first-order valence-corrected chi connectivity index (χ1v) is 5.51. The topological polar surface area (TPSA) is 87.6 Å². The van der Waals surface area contributed by atoms with Crippen molar-refractivity contribution in [3.63, 3.8) is 0 Å². The molecule has 18 heavy (non-hydrogen) atoms. The van der Waals surface area contributed by atoms with Gasteiger partial charge in [-0.2, -0.15) is 5.26 Å². The molecule has 0 saturated heterocycles. The maximum Gasteiger partial charge on any atom is 0.224 e. The number of nitrogens with one attached hydrogen (secondary N) is 1. The SMILES string of the molecule is Cc1cc(C#N)nc(NCc2nc(C)c(C)o2)n1. The predicted octanol–water partition coefficient (Wildman–Crippen LogP) is 1.87. The average molecular weight is 243 g/mol. The number of nitriles is 1. The molecule has 0 saturated carbocycles. The molecule has 0 aromatic carbocycles. The highest BCUT2D eigenvalue weighted by Gasteiger charge is 2.07. The van der Waals surface area contributed by atoms with Crippen LogP contribution in [0.15, 0.2) is 10.5 Å². The third-order valence-electron chi connectivity index (χ3n) is 2.44. The van der Waals surface area contributed by atoms with E-state index in [1.165, 1.54) is 0 Å². The summed E-state index contributed by atoms with van der Waals surface area (Å²) in [6.07, 6.45) is 0. The van der Waals surface area contributed by atoms with E-state index in [1.807, 2.05) is 26.8 Å². The zero-order chi connectivity index (χ0) is 13.1. The van der Waals surface area contributed by atoms with Gasteiger partial charge in [-0.15, -0.1) is 0 Å². The summed E-state index contributed by atoms with van der Waals surface area (Å²) in [4.78, 5) is 12.5. The fraction of sp³-hybridized carbons (Fsp3) is 0.333. The Morgan fingerprint density at radius 2 is 2.06 bits per heavy atom. The second-order valence-electron chi connectivity index (χ2n) is 3.93. The molecule has 6 heteroatoms. The van der Waals surface area contributed by atoms with Crippen LogP contribution in [-0.4, -0.2) is 15.0 Å². The zero-order valence-electron chi connectivity index (χ0n) is 10.5. The molecular formula is C12H13N5O. The van der Waals surface area contributed by atoms with E-state index in [0.717, 1.165) is 17.1 Å². The van der Waals surface area contributed by atoms with Crippen LogP contribution in [0.4, 0.5) is 5.95 Å². The van der Waals surface area contributed by atoms with Crippen molar-refractivity contribution in [1.82, 2.24) is 15.0 Å². The lowest BCUT2D eigenvalue weighted by Crippen LogP contribution is -2.05. The second kappa shape index (κ2) is 4.84. The Labute approximate surface area is 105 Å². The molecule has 0 amide bonds. The number of rotatable bonds is 3. The van der Waals surface area contributed by atoms with Crippen molar-refractivity contribution in [3.8, 4) is 6.07 Å². The van der Waals surface area contributed by atoms with Crippen molar-refractivity contribution in [3.05, 3.63) is 34.8 Å². The first-order chi connectivity index (χ1) is 8.58. The van der Waals surface area contributed by atoms with Crippen LogP contribution < -0.4 is 5.32 Å². The molecule has 2 heterocycles. The van der Waals surface area contributed by atoms with Gasteiger partial charge in [-0.3, -0.25) is 0 Å². The third kappa shape index (κ3) is 2.63. The molecule has 0 fully saturated rings. The molecule has 6 nitrogen and oxygen atoms in total. The number of oxazole rings is 1. The Balaban J connectivity index is 2.11. The highest BCUT2D eigenvalue weighted by molar-refractivity contribution is 5.33. The average Bonchev–Trinajstić information content (AvgIpc) is 2.65. The van der Waals surface area contributed by atoms with Crippen molar-refractivity contribution in [2.75, 3.05) is 5.32 Å². The quantitative estimate of drug-likeness (QED) is 0.885. The number of anilines is 1. The van der Waals surface area contributed by atoms with Crippen molar-refractivity contribution < 1.29 is 4.42 Å². The van der Waals surface area contributed by atoms with Crippen LogP contribution in [0.2, 0.25) is 0 Å². The van der Waals surface area contributed by atoms with Crippen LogP contribution in [0.3, 0.4) is 0 Å². The summed E-state index contributed by atoms with van der Waals surface area (Å²) in [6.45, 7) is 5.96. The van der Waals surface area contributed by atoms with Crippen LogP contribution in [0.5, 0.6) is 0 Å². The molecule has 0 aliphatic carbocycles. The lowest BCUT2D eigenvalue weighted by molar-refractivity contribution is 0.478. The Hall–Kier alpha value is -2.42. The highest BCUT2D eigenvalue weighted by Crippen LogP contribution is 2.10. The van der Waals surface area contributed by atoms with Gasteiger partial charge in [0.05, 0.1) is 12.2 Å². The Morgan fingerprint density at radius 1 is 1.28 bits per heavy atom. The first kappa shape index (κ1) is 12.0. The summed E-state index contributed by atoms with van der Waals surface area (Å²) in [5.74, 6) is 1.78. The summed E-state index contributed by atoms with van der Waals surface area (Å²) >= 11 is 0. The normalized spacial score (nSPS) is 10.1. The lowest BCUT2D eigenvalue weighted by atomic mass is 10.3. The van der Waals surface area contributed by atoms with Gasteiger partial charge in [-0.1, -0.05) is 0 Å². The van der Waals surface area contributed by atoms with E-state index < -0.39 is 0 Å². The van der Waals surface area contributed by atoms with Crippen LogP contribution in [-0.2, 0) is 6.54 Å². The minimum Gasteiger partial charge on any atom is -0.444 e. The number of aryl methyl sites for hydroxylation is 3. The van der Waals surface area contributed by atoms with Crippen LogP contribution in [0.1, 0.15) is 28.7 Å². The summed E-state index contributed by atoms with van der Waals surface area (Å²) < 4.78 is 5.43. The maximum atomic E-state index is 8.81. The van der Waals surface area contributed by atoms with Crippen LogP contribution >= 0.6 is 0 Å². The van der Waals surface area contributed by atoms with Crippen molar-refractivity contribution >= 4 is 5.95 Å². The molecule has 92 valence electrons. The van der Waals surface area contributed by atoms with Gasteiger partial charge in [0, 0.05) is 5.69 Å². The minimum atomic E-state index is 0.338. The Morgan fingerprint density at radius 3 is 2.67 bits per heavy atom. The van der Waals surface area contributed by atoms with Crippen LogP contribution in [0.25, 0.3) is 0 Å². The molecule has 2 rings (SSSR count). The standard InChI is InChI=1S/C12H13N5O/c1-7-4-10(5-13)17-12(15-7)14-6-11-16-8(2)9(3)18-11/h4H,6H2,1-3H3,(H,14,15,17). The molecule has 0 spiro atoms. The largest absolute Gasteiger partial charge is 0.444 e. The first-order valence-electron chi connectivity index (χ1n) is 5.51. The lowest BCUT2D eigenvalue weighted by Gasteiger charge is -2.03. The Kier molecular flexibility index (Phi) is 3.24. The van der Waals surface area contributed by atoms with Gasteiger partial charge in [0.15, 0.2) is 0 Å². The summed E-state index contributed by atoms with van der Waals surface area (Å²) in [5, 5.41) is 11.8. The van der Waals surface area contributed by atoms with Crippen molar-refractivity contribution in [1.29, 1.82) is 5.26 Å². The number of hydrogen-bond donors (Lipinski definition) is 1. The molecule has 0 bridgehead atoms. The summed E-state index contributed by atoms with van der Waals surface area (Å²) in [6, 6.07) is 3.62. The second-order valence-corrected chi connectivity index (χ2v) is 3.93. The molecule has 2 aromatic rings. The maximum absolute atomic E-state index is 8.81. The van der Waals surface area contributed by atoms with Gasteiger partial charge in [-0.05, 0) is 26.8 Å². The molecule has 0 radical (unpaired) electrons. The van der Waals surface area contributed by atoms with E-state index in [0.29, 0.717) is 24.1 Å². The van der Waals surface area contributed by atoms with Gasteiger partial charge in [0.25, 0.3) is 0 Å². The molecule has 1 N–H and O–H groups in total. The van der Waals surface area contributed by atoms with Gasteiger partial charge in [-0.25, -0.2) is 15.0 Å². The molecule has 2 aromatic heterocycles. The number of nitrogens with zero attached hydrogens (tertiary/aromatic N) is 4. The summed E-state index contributed by atoms with van der Waals surface area (Å²) in [5.41, 5.74) is 1.95. The Bertz CT molecular complexity index is 592. The smallest absolute Gasteiger partial charge is 0.224 e. The zero-order valence-corrected chi connectivity index (χ0v) is 10.5. The van der Waals surface area contributed by atoms with Crippen molar-refractivity contribution in [2.24, 2.45) is 0 Å². The van der Waals surface area contributed by atoms with Crippen molar-refractivity contribution in [2.45, 2.75) is 27.3 Å². The van der Waals surface area contributed by atoms with E-state index in [2.05, 4.69) is 20.3 Å². The molecule has 0 aliphatic heterocycles. The fourth-order valence-corrected chi connectivity index (χ4v) is 1.47. The molecule has 0 atom stereocenters. The fourth-order valence-electron chi connectivity index (χ4n) is 1.47. The molecule has 0 unspecified atom stereocenters. The molecular weight excluding hydrogens is 230 g/mol. The van der Waals surface area contributed by atoms with E-state index in [9.17, 15) is 0 Å². The highest BCUT2D eigenvalue weighted by atomic mass is 16.4. The third-order valence-corrected chi connectivity index (χ3v) is 2.44. The van der Waals surface area contributed by atoms with Gasteiger partial charge < -0.3 is 9.73 Å².